The number of thioether (sulfide) groups is 1. The lowest BCUT2D eigenvalue weighted by atomic mass is 10.1. The van der Waals surface area contributed by atoms with Crippen LogP contribution in [0.15, 0.2) is 29.4 Å². The van der Waals surface area contributed by atoms with E-state index in [1.165, 1.54) is 0 Å². The van der Waals surface area contributed by atoms with Crippen molar-refractivity contribution < 1.29 is 10.0 Å². The first-order valence-electron chi connectivity index (χ1n) is 6.39. The fraction of sp³-hybridized carbons (Fsp3) is 0.429. The van der Waals surface area contributed by atoms with Crippen LogP contribution in [0.25, 0.3) is 0 Å². The summed E-state index contributed by atoms with van der Waals surface area (Å²) in [6.45, 7) is 2.81. The van der Waals surface area contributed by atoms with Crippen molar-refractivity contribution in [2.45, 2.75) is 13.3 Å². The van der Waals surface area contributed by atoms with Crippen LogP contribution >= 0.6 is 11.8 Å². The fourth-order valence-electron chi connectivity index (χ4n) is 1.73. The van der Waals surface area contributed by atoms with Crippen LogP contribution in [0, 0.1) is 5.92 Å². The third-order valence-corrected chi connectivity index (χ3v) is 3.72. The molecular formula is C14H21N3O2S. The van der Waals surface area contributed by atoms with Crippen LogP contribution in [0.3, 0.4) is 0 Å². The number of amides is 1. The van der Waals surface area contributed by atoms with Gasteiger partial charge in [0.15, 0.2) is 5.84 Å². The van der Waals surface area contributed by atoms with Gasteiger partial charge >= 0.3 is 0 Å². The van der Waals surface area contributed by atoms with Gasteiger partial charge in [0.2, 0.25) is 5.91 Å². The number of amidine groups is 1. The van der Waals surface area contributed by atoms with Gasteiger partial charge in [0.05, 0.1) is 6.42 Å². The maximum absolute atomic E-state index is 11.8. The second-order valence-corrected chi connectivity index (χ2v) is 5.63. The van der Waals surface area contributed by atoms with Crippen LogP contribution in [0.4, 0.5) is 0 Å². The smallest absolute Gasteiger partial charge is 0.224 e. The van der Waals surface area contributed by atoms with Gasteiger partial charge in [-0.25, -0.2) is 0 Å². The number of oxime groups is 1. The van der Waals surface area contributed by atoms with E-state index < -0.39 is 0 Å². The molecule has 0 aliphatic carbocycles. The minimum absolute atomic E-state index is 0.00880. The molecule has 1 aromatic carbocycles. The Kier molecular flexibility index (Phi) is 6.93. The van der Waals surface area contributed by atoms with E-state index >= 15 is 0 Å². The summed E-state index contributed by atoms with van der Waals surface area (Å²) in [5, 5.41) is 14.4. The predicted octanol–water partition coefficient (Wildman–Crippen LogP) is 1.44. The summed E-state index contributed by atoms with van der Waals surface area (Å²) in [7, 11) is 0. The van der Waals surface area contributed by atoms with Gasteiger partial charge in [-0.2, -0.15) is 11.8 Å². The molecule has 0 aliphatic rings. The van der Waals surface area contributed by atoms with Crippen molar-refractivity contribution in [1.29, 1.82) is 0 Å². The van der Waals surface area contributed by atoms with Crippen LogP contribution in [0.5, 0.6) is 0 Å². The van der Waals surface area contributed by atoms with Crippen LogP contribution < -0.4 is 11.1 Å². The Hall–Kier alpha value is -1.69. The van der Waals surface area contributed by atoms with Crippen molar-refractivity contribution in [3.63, 3.8) is 0 Å². The summed E-state index contributed by atoms with van der Waals surface area (Å²) < 4.78 is 0. The largest absolute Gasteiger partial charge is 0.409 e. The van der Waals surface area contributed by atoms with E-state index in [1.807, 2.05) is 0 Å². The topological polar surface area (TPSA) is 87.7 Å². The normalized spacial score (nSPS) is 13.0. The number of carbonyl (C=O) groups excluding carboxylic acids is 1. The van der Waals surface area contributed by atoms with Crippen molar-refractivity contribution in [1.82, 2.24) is 5.32 Å². The second kappa shape index (κ2) is 8.47. The zero-order valence-corrected chi connectivity index (χ0v) is 12.6. The summed E-state index contributed by atoms with van der Waals surface area (Å²) in [4.78, 5) is 11.8. The average Bonchev–Trinajstić information content (AvgIpc) is 2.45. The first-order chi connectivity index (χ1) is 9.56. The molecule has 0 spiro atoms. The maximum Gasteiger partial charge on any atom is 0.224 e. The average molecular weight is 295 g/mol. The fourth-order valence-corrected chi connectivity index (χ4v) is 2.42. The molecule has 110 valence electrons. The van der Waals surface area contributed by atoms with Crippen LogP contribution in [-0.4, -0.2) is 35.5 Å². The highest BCUT2D eigenvalue weighted by atomic mass is 32.2. The van der Waals surface area contributed by atoms with Crippen LogP contribution in [0.1, 0.15) is 18.1 Å². The predicted molar refractivity (Wildman–Crippen MR) is 83.2 cm³/mol. The Labute approximate surface area is 123 Å². The summed E-state index contributed by atoms with van der Waals surface area (Å²) in [6, 6.07) is 7.07. The number of hydrogen-bond donors (Lipinski definition) is 3. The number of nitrogens with zero attached hydrogens (tertiary/aromatic N) is 1. The van der Waals surface area contributed by atoms with Gasteiger partial charge < -0.3 is 16.3 Å². The monoisotopic (exact) mass is 295 g/mol. The Balaban J connectivity index is 2.46. The van der Waals surface area contributed by atoms with Gasteiger partial charge in [-0.1, -0.05) is 36.3 Å². The summed E-state index contributed by atoms with van der Waals surface area (Å²) in [5.41, 5.74) is 7.00. The molecule has 0 heterocycles. The first kappa shape index (κ1) is 16.4. The molecule has 5 nitrogen and oxygen atoms in total. The van der Waals surface area contributed by atoms with E-state index in [0.717, 1.165) is 11.3 Å². The van der Waals surface area contributed by atoms with Crippen molar-refractivity contribution in [3.05, 3.63) is 35.4 Å². The number of nitrogens with one attached hydrogen (secondary N) is 1. The number of carbonyl (C=O) groups is 1. The van der Waals surface area contributed by atoms with E-state index in [9.17, 15) is 4.79 Å². The molecule has 1 aromatic rings. The standard InChI is InChI=1S/C14H21N3O2S/c1-10(9-20-2)8-16-13(18)7-11-3-5-12(6-4-11)14(15)17-19/h3-6,10,19H,7-9H2,1-2H3,(H2,15,17)(H,16,18). The third kappa shape index (κ3) is 5.52. The summed E-state index contributed by atoms with van der Waals surface area (Å²) in [5.74, 6) is 1.58. The van der Waals surface area contributed by atoms with Crippen LogP contribution in [0.2, 0.25) is 0 Å². The lowest BCUT2D eigenvalue weighted by Crippen LogP contribution is -2.30. The minimum atomic E-state index is 0.00880. The highest BCUT2D eigenvalue weighted by Gasteiger charge is 2.07. The van der Waals surface area contributed by atoms with Gasteiger partial charge in [-0.15, -0.1) is 0 Å². The quantitative estimate of drug-likeness (QED) is 0.307. The van der Waals surface area contributed by atoms with E-state index in [2.05, 4.69) is 23.7 Å². The number of benzene rings is 1. The number of nitrogens with two attached hydrogens (primary N) is 1. The zero-order valence-electron chi connectivity index (χ0n) is 11.8. The van der Waals surface area contributed by atoms with Gasteiger partial charge in [-0.05, 0) is 23.5 Å². The molecule has 0 saturated heterocycles. The minimum Gasteiger partial charge on any atom is -0.409 e. The second-order valence-electron chi connectivity index (χ2n) is 4.72. The first-order valence-corrected chi connectivity index (χ1v) is 7.78. The Bertz CT molecular complexity index is 460. The Morgan fingerprint density at radius 2 is 2.10 bits per heavy atom. The van der Waals surface area contributed by atoms with E-state index in [0.29, 0.717) is 24.4 Å². The molecular weight excluding hydrogens is 274 g/mol. The van der Waals surface area contributed by atoms with Crippen LogP contribution in [-0.2, 0) is 11.2 Å². The molecule has 0 saturated carbocycles. The molecule has 0 radical (unpaired) electrons. The molecule has 20 heavy (non-hydrogen) atoms. The third-order valence-electron chi connectivity index (χ3n) is 2.82. The maximum atomic E-state index is 11.8. The molecule has 4 N–H and O–H groups in total. The van der Waals surface area contributed by atoms with Crippen molar-refractivity contribution >= 4 is 23.5 Å². The molecule has 0 aliphatic heterocycles. The molecule has 0 aromatic heterocycles. The summed E-state index contributed by atoms with van der Waals surface area (Å²) >= 11 is 1.78. The van der Waals surface area contributed by atoms with E-state index in [4.69, 9.17) is 10.9 Å². The van der Waals surface area contributed by atoms with Gasteiger partial charge in [0, 0.05) is 12.1 Å². The molecule has 1 amide bonds. The molecule has 0 fully saturated rings. The molecule has 1 unspecified atom stereocenters. The highest BCUT2D eigenvalue weighted by Crippen LogP contribution is 2.06. The highest BCUT2D eigenvalue weighted by molar-refractivity contribution is 7.98. The number of rotatable bonds is 7. The van der Waals surface area contributed by atoms with Gasteiger partial charge in [0.1, 0.15) is 0 Å². The van der Waals surface area contributed by atoms with E-state index in [-0.39, 0.29) is 11.7 Å². The SMILES string of the molecule is CSCC(C)CNC(=O)Cc1ccc(C(N)=NO)cc1. The lowest BCUT2D eigenvalue weighted by molar-refractivity contribution is -0.120. The lowest BCUT2D eigenvalue weighted by Gasteiger charge is -2.11. The van der Waals surface area contributed by atoms with E-state index in [1.54, 1.807) is 36.0 Å². The van der Waals surface area contributed by atoms with Crippen molar-refractivity contribution in [2.24, 2.45) is 16.8 Å². The summed E-state index contributed by atoms with van der Waals surface area (Å²) in [6.07, 6.45) is 2.39. The Morgan fingerprint density at radius 3 is 2.65 bits per heavy atom. The van der Waals surface area contributed by atoms with Crippen molar-refractivity contribution in [3.8, 4) is 0 Å². The molecule has 1 atom stereocenters. The number of hydrogen-bond acceptors (Lipinski definition) is 4. The van der Waals surface area contributed by atoms with Gasteiger partial charge in [-0.3, -0.25) is 4.79 Å². The van der Waals surface area contributed by atoms with Crippen molar-refractivity contribution in [2.75, 3.05) is 18.6 Å². The zero-order chi connectivity index (χ0) is 15.0. The van der Waals surface area contributed by atoms with Gasteiger partial charge in [0.25, 0.3) is 0 Å². The molecule has 6 heteroatoms. The molecule has 0 bridgehead atoms. The Morgan fingerprint density at radius 1 is 1.45 bits per heavy atom. The molecule has 1 rings (SSSR count).